The summed E-state index contributed by atoms with van der Waals surface area (Å²) in [5.41, 5.74) is 0.321. The summed E-state index contributed by atoms with van der Waals surface area (Å²) >= 11 is 4.74. The molecule has 1 aromatic rings. The van der Waals surface area contributed by atoms with Crippen LogP contribution in [-0.4, -0.2) is 11.4 Å². The Morgan fingerprint density at radius 3 is 2.75 bits per heavy atom. The second kappa shape index (κ2) is 4.25. The van der Waals surface area contributed by atoms with Gasteiger partial charge in [-0.05, 0) is 34.3 Å². The van der Waals surface area contributed by atoms with Crippen molar-refractivity contribution in [3.8, 4) is 0 Å². The minimum Gasteiger partial charge on any atom is -0.392 e. The summed E-state index contributed by atoms with van der Waals surface area (Å²) in [7, 11) is 0. The van der Waals surface area contributed by atoms with Crippen molar-refractivity contribution in [3.05, 3.63) is 28.0 Å². The van der Waals surface area contributed by atoms with E-state index in [9.17, 15) is 4.39 Å². The van der Waals surface area contributed by atoms with E-state index in [1.54, 1.807) is 6.07 Å². The van der Waals surface area contributed by atoms with Crippen LogP contribution in [0.4, 0.5) is 4.39 Å². The minimum atomic E-state index is -0.373. The second-order valence-electron chi connectivity index (χ2n) is 2.20. The first kappa shape index (κ1) is 10.0. The monoisotopic (exact) mass is 250 g/mol. The molecule has 1 aromatic carbocycles. The maximum atomic E-state index is 13.0. The van der Waals surface area contributed by atoms with E-state index < -0.39 is 0 Å². The van der Waals surface area contributed by atoms with Crippen LogP contribution in [0, 0.1) is 5.82 Å². The topological polar surface area (TPSA) is 20.2 Å². The van der Waals surface area contributed by atoms with E-state index in [1.165, 1.54) is 17.8 Å². The normalized spacial score (nSPS) is 10.3. The number of hydrogen-bond donors (Lipinski definition) is 1. The molecule has 0 saturated heterocycles. The molecule has 0 atom stereocenters. The second-order valence-corrected chi connectivity index (χ2v) is 3.84. The zero-order chi connectivity index (χ0) is 9.14. The van der Waals surface area contributed by atoms with Gasteiger partial charge in [-0.3, -0.25) is 0 Å². The number of aliphatic hydroxyl groups excluding tert-OH is 1. The van der Waals surface area contributed by atoms with Gasteiger partial charge in [0.05, 0.1) is 6.61 Å². The molecule has 0 amide bonds. The largest absolute Gasteiger partial charge is 0.392 e. The first-order chi connectivity index (χ1) is 5.70. The third kappa shape index (κ3) is 1.81. The van der Waals surface area contributed by atoms with Crippen LogP contribution in [0.15, 0.2) is 21.5 Å². The predicted octanol–water partition coefficient (Wildman–Crippen LogP) is 2.80. The Morgan fingerprint density at radius 1 is 1.58 bits per heavy atom. The van der Waals surface area contributed by atoms with Crippen molar-refractivity contribution in [2.24, 2.45) is 0 Å². The summed E-state index contributed by atoms with van der Waals surface area (Å²) in [5.74, 6) is -0.373. The lowest BCUT2D eigenvalue weighted by molar-refractivity contribution is 0.274. The molecule has 1 rings (SSSR count). The van der Waals surface area contributed by atoms with Gasteiger partial charge in [0.1, 0.15) is 5.82 Å². The third-order valence-corrected chi connectivity index (χ3v) is 3.48. The number of aliphatic hydroxyl groups is 1. The van der Waals surface area contributed by atoms with Crippen LogP contribution in [0.25, 0.3) is 0 Å². The van der Waals surface area contributed by atoms with E-state index in [0.29, 0.717) is 10.0 Å². The van der Waals surface area contributed by atoms with E-state index >= 15 is 0 Å². The van der Waals surface area contributed by atoms with Gasteiger partial charge in [-0.25, -0.2) is 4.39 Å². The van der Waals surface area contributed by atoms with Crippen molar-refractivity contribution in [1.82, 2.24) is 0 Å². The maximum absolute atomic E-state index is 13.0. The van der Waals surface area contributed by atoms with Crippen LogP contribution in [0.1, 0.15) is 5.56 Å². The summed E-state index contributed by atoms with van der Waals surface area (Å²) < 4.78 is 13.6. The van der Waals surface area contributed by atoms with Crippen LogP contribution in [-0.2, 0) is 6.61 Å². The number of halogens is 2. The molecule has 0 aromatic heterocycles. The first-order valence-corrected chi connectivity index (χ1v) is 5.34. The fourth-order valence-corrected chi connectivity index (χ4v) is 2.32. The average Bonchev–Trinajstić information content (AvgIpc) is 2.06. The minimum absolute atomic E-state index is 0.277. The van der Waals surface area contributed by atoms with Gasteiger partial charge in [0.25, 0.3) is 0 Å². The molecule has 1 N–H and O–H groups in total. The zero-order valence-corrected chi connectivity index (χ0v) is 8.88. The molecular formula is C8H8BrFOS. The SMILES string of the molecule is CSc1ccc(F)c(CO)c1Br. The van der Waals surface area contributed by atoms with Gasteiger partial charge in [0.15, 0.2) is 0 Å². The Hall–Kier alpha value is -0.0600. The lowest BCUT2D eigenvalue weighted by Gasteiger charge is -2.06. The number of hydrogen-bond acceptors (Lipinski definition) is 2. The average molecular weight is 251 g/mol. The highest BCUT2D eigenvalue weighted by atomic mass is 79.9. The molecule has 12 heavy (non-hydrogen) atoms. The molecule has 0 aliphatic heterocycles. The van der Waals surface area contributed by atoms with Gasteiger partial charge >= 0.3 is 0 Å². The molecule has 0 fully saturated rings. The van der Waals surface area contributed by atoms with Gasteiger partial charge in [-0.15, -0.1) is 11.8 Å². The zero-order valence-electron chi connectivity index (χ0n) is 6.47. The quantitative estimate of drug-likeness (QED) is 0.815. The Balaban J connectivity index is 3.24. The molecule has 0 radical (unpaired) electrons. The number of rotatable bonds is 2. The predicted molar refractivity (Wildman–Crippen MR) is 51.8 cm³/mol. The highest BCUT2D eigenvalue weighted by molar-refractivity contribution is 9.10. The Morgan fingerprint density at radius 2 is 2.25 bits per heavy atom. The fraction of sp³-hybridized carbons (Fsp3) is 0.250. The van der Waals surface area contributed by atoms with Gasteiger partial charge < -0.3 is 5.11 Å². The summed E-state index contributed by atoms with van der Waals surface area (Å²) in [6.07, 6.45) is 1.90. The molecule has 0 bridgehead atoms. The van der Waals surface area contributed by atoms with Gasteiger partial charge in [0.2, 0.25) is 0 Å². The van der Waals surface area contributed by atoms with Gasteiger partial charge in [0, 0.05) is 14.9 Å². The maximum Gasteiger partial charge on any atom is 0.129 e. The summed E-state index contributed by atoms with van der Waals surface area (Å²) in [5, 5.41) is 8.84. The van der Waals surface area contributed by atoms with Crippen LogP contribution in [0.5, 0.6) is 0 Å². The Labute approximate surface area is 83.1 Å². The molecule has 4 heteroatoms. The van der Waals surface area contributed by atoms with E-state index in [4.69, 9.17) is 5.11 Å². The van der Waals surface area contributed by atoms with Gasteiger partial charge in [-0.1, -0.05) is 0 Å². The highest BCUT2D eigenvalue weighted by Gasteiger charge is 2.09. The molecule has 0 aliphatic carbocycles. The molecule has 0 aliphatic rings. The number of thioether (sulfide) groups is 1. The lowest BCUT2D eigenvalue weighted by atomic mass is 10.2. The fourth-order valence-electron chi connectivity index (χ4n) is 0.879. The standard InChI is InChI=1S/C8H8BrFOS/c1-12-7-3-2-6(10)5(4-11)8(7)9/h2-3,11H,4H2,1H3. The van der Waals surface area contributed by atoms with Crippen molar-refractivity contribution >= 4 is 27.7 Å². The molecule has 1 nitrogen and oxygen atoms in total. The van der Waals surface area contributed by atoms with Crippen molar-refractivity contribution in [2.75, 3.05) is 6.26 Å². The smallest absolute Gasteiger partial charge is 0.129 e. The summed E-state index contributed by atoms with van der Waals surface area (Å²) in [6, 6.07) is 3.05. The van der Waals surface area contributed by atoms with E-state index in [0.717, 1.165) is 4.90 Å². The number of benzene rings is 1. The third-order valence-electron chi connectivity index (χ3n) is 1.53. The van der Waals surface area contributed by atoms with Gasteiger partial charge in [-0.2, -0.15) is 0 Å². The summed E-state index contributed by atoms with van der Waals surface area (Å²) in [6.45, 7) is -0.277. The van der Waals surface area contributed by atoms with E-state index in [2.05, 4.69) is 15.9 Å². The molecule has 0 unspecified atom stereocenters. The van der Waals surface area contributed by atoms with Crippen molar-refractivity contribution in [2.45, 2.75) is 11.5 Å². The van der Waals surface area contributed by atoms with Crippen LogP contribution < -0.4 is 0 Å². The van der Waals surface area contributed by atoms with Crippen molar-refractivity contribution < 1.29 is 9.50 Å². The first-order valence-electron chi connectivity index (χ1n) is 3.32. The van der Waals surface area contributed by atoms with E-state index in [1.807, 2.05) is 6.26 Å². The van der Waals surface area contributed by atoms with Crippen molar-refractivity contribution in [1.29, 1.82) is 0 Å². The van der Waals surface area contributed by atoms with Crippen molar-refractivity contribution in [3.63, 3.8) is 0 Å². The summed E-state index contributed by atoms with van der Waals surface area (Å²) in [4.78, 5) is 0.931. The highest BCUT2D eigenvalue weighted by Crippen LogP contribution is 2.30. The Bertz CT molecular complexity index is 291. The molecule has 0 heterocycles. The molecule has 0 spiro atoms. The van der Waals surface area contributed by atoms with E-state index in [-0.39, 0.29) is 12.4 Å². The lowest BCUT2D eigenvalue weighted by Crippen LogP contribution is -1.92. The Kier molecular flexibility index (Phi) is 3.55. The molecule has 0 saturated carbocycles. The molecule has 66 valence electrons. The van der Waals surface area contributed by atoms with Crippen LogP contribution >= 0.6 is 27.7 Å². The molecular weight excluding hydrogens is 243 g/mol. The van der Waals surface area contributed by atoms with Crippen LogP contribution in [0.3, 0.4) is 0 Å². The van der Waals surface area contributed by atoms with Crippen LogP contribution in [0.2, 0.25) is 0 Å².